The first-order valence-corrected chi connectivity index (χ1v) is 10.4. The maximum absolute atomic E-state index is 13.1. The van der Waals surface area contributed by atoms with E-state index in [4.69, 9.17) is 0 Å². The second-order valence-electron chi connectivity index (χ2n) is 7.77. The summed E-state index contributed by atoms with van der Waals surface area (Å²) < 4.78 is 0. The molecule has 152 valence electrons. The highest BCUT2D eigenvalue weighted by Gasteiger charge is 2.30. The molecule has 0 bridgehead atoms. The monoisotopic (exact) mass is 390 g/mol. The zero-order chi connectivity index (χ0) is 20.8. The molecule has 0 spiro atoms. The van der Waals surface area contributed by atoms with Crippen molar-refractivity contribution in [3.63, 3.8) is 0 Å². The number of likely N-dealkylation sites (tertiary alicyclic amines) is 1. The van der Waals surface area contributed by atoms with Gasteiger partial charge in [0.15, 0.2) is 0 Å². The number of carbonyl (C=O) groups excluding carboxylic acids is 2. The zero-order valence-electron chi connectivity index (χ0n) is 17.6. The van der Waals surface area contributed by atoms with Crippen LogP contribution in [0.5, 0.6) is 0 Å². The number of benzene rings is 2. The second kappa shape index (κ2) is 9.55. The molecule has 0 saturated carbocycles. The smallest absolute Gasteiger partial charge is 0.246 e. The minimum absolute atomic E-state index is 0.0152. The number of nitrogens with zero attached hydrogens (tertiary/aromatic N) is 2. The molecule has 2 aromatic carbocycles. The number of carbonyl (C=O) groups is 2. The van der Waals surface area contributed by atoms with E-state index in [0.29, 0.717) is 32.5 Å². The molecule has 0 N–H and O–H groups in total. The molecule has 0 atom stereocenters. The van der Waals surface area contributed by atoms with Crippen molar-refractivity contribution in [3.05, 3.63) is 71.3 Å². The van der Waals surface area contributed by atoms with Gasteiger partial charge in [0.2, 0.25) is 11.8 Å². The molecule has 4 nitrogen and oxygen atoms in total. The third-order valence-corrected chi connectivity index (χ3v) is 5.47. The fourth-order valence-electron chi connectivity index (χ4n) is 3.98. The first-order valence-electron chi connectivity index (χ1n) is 10.4. The van der Waals surface area contributed by atoms with Crippen molar-refractivity contribution < 1.29 is 9.59 Å². The molecule has 0 unspecified atom stereocenters. The lowest BCUT2D eigenvalue weighted by Gasteiger charge is -2.33. The maximum Gasteiger partial charge on any atom is 0.246 e. The highest BCUT2D eigenvalue weighted by atomic mass is 16.2. The van der Waals surface area contributed by atoms with Crippen LogP contribution in [0.4, 0.5) is 5.69 Å². The molecule has 1 saturated heterocycles. The predicted octanol–water partition coefficient (Wildman–Crippen LogP) is 4.61. The van der Waals surface area contributed by atoms with Crippen molar-refractivity contribution >= 4 is 23.6 Å². The van der Waals surface area contributed by atoms with Gasteiger partial charge in [0, 0.05) is 37.3 Å². The molecule has 29 heavy (non-hydrogen) atoms. The molecular formula is C25H30N2O2. The zero-order valence-corrected chi connectivity index (χ0v) is 17.6. The Bertz CT molecular complexity index is 861. The molecule has 4 heteroatoms. The number of hydrogen-bond acceptors (Lipinski definition) is 2. The van der Waals surface area contributed by atoms with E-state index in [0.717, 1.165) is 22.4 Å². The van der Waals surface area contributed by atoms with Crippen LogP contribution in [-0.4, -0.2) is 36.3 Å². The average Bonchev–Trinajstić information content (AvgIpc) is 2.72. The molecule has 2 amide bonds. The van der Waals surface area contributed by atoms with Gasteiger partial charge < -0.3 is 9.80 Å². The Morgan fingerprint density at radius 2 is 1.66 bits per heavy atom. The third kappa shape index (κ3) is 5.35. The van der Waals surface area contributed by atoms with Gasteiger partial charge in [-0.05, 0) is 68.5 Å². The van der Waals surface area contributed by atoms with Crippen molar-refractivity contribution in [2.24, 2.45) is 5.92 Å². The van der Waals surface area contributed by atoms with Gasteiger partial charge in [-0.25, -0.2) is 0 Å². The van der Waals surface area contributed by atoms with E-state index >= 15 is 0 Å². The summed E-state index contributed by atoms with van der Waals surface area (Å²) in [5, 5.41) is 0. The van der Waals surface area contributed by atoms with Gasteiger partial charge in [0.05, 0.1) is 0 Å². The molecule has 1 aliphatic heterocycles. The summed E-state index contributed by atoms with van der Waals surface area (Å²) in [4.78, 5) is 29.4. The van der Waals surface area contributed by atoms with Gasteiger partial charge in [-0.2, -0.15) is 0 Å². The number of hydrogen-bond donors (Lipinski definition) is 0. The van der Waals surface area contributed by atoms with E-state index < -0.39 is 0 Å². The van der Waals surface area contributed by atoms with E-state index in [1.54, 1.807) is 6.08 Å². The van der Waals surface area contributed by atoms with Crippen LogP contribution in [0.25, 0.3) is 6.08 Å². The van der Waals surface area contributed by atoms with Crippen LogP contribution in [0.1, 0.15) is 36.5 Å². The van der Waals surface area contributed by atoms with E-state index in [9.17, 15) is 9.59 Å². The maximum atomic E-state index is 13.1. The fourth-order valence-corrected chi connectivity index (χ4v) is 3.98. The minimum atomic E-state index is -0.0297. The summed E-state index contributed by atoms with van der Waals surface area (Å²) in [6.07, 6.45) is 4.90. The number of rotatable bonds is 5. The third-order valence-electron chi connectivity index (χ3n) is 5.47. The van der Waals surface area contributed by atoms with E-state index in [-0.39, 0.29) is 17.7 Å². The summed E-state index contributed by atoms with van der Waals surface area (Å²) in [6.45, 7) is 8.03. The topological polar surface area (TPSA) is 40.6 Å². The number of aryl methyl sites for hydroxylation is 2. The summed E-state index contributed by atoms with van der Waals surface area (Å²) in [5.41, 5.74) is 4.31. The molecule has 1 heterocycles. The van der Waals surface area contributed by atoms with Gasteiger partial charge in [-0.1, -0.05) is 36.4 Å². The van der Waals surface area contributed by atoms with Crippen LogP contribution in [0.2, 0.25) is 0 Å². The Hall–Kier alpha value is -2.88. The molecule has 1 aliphatic rings. The van der Waals surface area contributed by atoms with Crippen molar-refractivity contribution in [2.45, 2.75) is 33.6 Å². The van der Waals surface area contributed by atoms with Gasteiger partial charge >= 0.3 is 0 Å². The molecule has 0 aliphatic carbocycles. The average molecular weight is 391 g/mol. The summed E-state index contributed by atoms with van der Waals surface area (Å²) in [5.74, 6) is 0.156. The van der Waals surface area contributed by atoms with Crippen molar-refractivity contribution in [1.82, 2.24) is 4.90 Å². The highest BCUT2D eigenvalue weighted by molar-refractivity contribution is 5.96. The summed E-state index contributed by atoms with van der Waals surface area (Å²) in [7, 11) is 0. The van der Waals surface area contributed by atoms with Gasteiger partial charge in [-0.3, -0.25) is 9.59 Å². The quantitative estimate of drug-likeness (QED) is 0.700. The number of piperidine rings is 1. The van der Waals surface area contributed by atoms with Crippen LogP contribution in [0.15, 0.2) is 54.6 Å². The van der Waals surface area contributed by atoms with Crippen LogP contribution < -0.4 is 4.90 Å². The SMILES string of the molecule is CCN(C(=O)C1CCN(C(=O)C=Cc2ccccc2)CC1)c1cc(C)cc(C)c1. The van der Waals surface area contributed by atoms with Crippen LogP contribution in [0, 0.1) is 19.8 Å². The van der Waals surface area contributed by atoms with Crippen LogP contribution in [-0.2, 0) is 9.59 Å². The lowest BCUT2D eigenvalue weighted by molar-refractivity contribution is -0.130. The normalized spacial score (nSPS) is 14.9. The Kier molecular flexibility index (Phi) is 6.86. The van der Waals surface area contributed by atoms with Crippen LogP contribution in [0.3, 0.4) is 0 Å². The summed E-state index contributed by atoms with van der Waals surface area (Å²) >= 11 is 0. The molecule has 3 rings (SSSR count). The lowest BCUT2D eigenvalue weighted by Crippen LogP contribution is -2.44. The Morgan fingerprint density at radius 3 is 2.24 bits per heavy atom. The van der Waals surface area contributed by atoms with E-state index in [1.165, 1.54) is 0 Å². The highest BCUT2D eigenvalue weighted by Crippen LogP contribution is 2.25. The standard InChI is InChI=1S/C25H30N2O2/c1-4-27(23-17-19(2)16-20(3)18-23)25(29)22-12-14-26(15-13-22)24(28)11-10-21-8-6-5-7-9-21/h5-11,16-18,22H,4,12-15H2,1-3H3. The van der Waals surface area contributed by atoms with Crippen LogP contribution >= 0.6 is 0 Å². The Labute approximate surface area is 173 Å². The summed E-state index contributed by atoms with van der Waals surface area (Å²) in [6, 6.07) is 16.1. The molecule has 0 radical (unpaired) electrons. The van der Waals surface area contributed by atoms with E-state index in [2.05, 4.69) is 32.0 Å². The molecule has 2 aromatic rings. The molecule has 0 aromatic heterocycles. The Morgan fingerprint density at radius 1 is 1.03 bits per heavy atom. The predicted molar refractivity (Wildman–Crippen MR) is 119 cm³/mol. The number of anilines is 1. The minimum Gasteiger partial charge on any atom is -0.339 e. The van der Waals surface area contributed by atoms with E-state index in [1.807, 2.05) is 53.1 Å². The fraction of sp³-hybridized carbons (Fsp3) is 0.360. The number of amides is 2. The van der Waals surface area contributed by atoms with Crippen molar-refractivity contribution in [3.8, 4) is 0 Å². The van der Waals surface area contributed by atoms with Crippen molar-refractivity contribution in [1.29, 1.82) is 0 Å². The lowest BCUT2D eigenvalue weighted by atomic mass is 9.94. The molecule has 1 fully saturated rings. The van der Waals surface area contributed by atoms with Gasteiger partial charge in [-0.15, -0.1) is 0 Å². The van der Waals surface area contributed by atoms with Gasteiger partial charge in [0.25, 0.3) is 0 Å². The van der Waals surface area contributed by atoms with Gasteiger partial charge in [0.1, 0.15) is 0 Å². The Balaban J connectivity index is 1.59. The first kappa shape index (κ1) is 20.8. The van der Waals surface area contributed by atoms with Crippen molar-refractivity contribution in [2.75, 3.05) is 24.5 Å². The first-order chi connectivity index (χ1) is 14.0. The largest absolute Gasteiger partial charge is 0.339 e. The molecular weight excluding hydrogens is 360 g/mol. The second-order valence-corrected chi connectivity index (χ2v) is 7.77.